The van der Waals surface area contributed by atoms with Crippen LogP contribution in [0.5, 0.6) is 0 Å². The van der Waals surface area contributed by atoms with Gasteiger partial charge in [0.1, 0.15) is 0 Å². The predicted molar refractivity (Wildman–Crippen MR) is 97.9 cm³/mol. The van der Waals surface area contributed by atoms with Gasteiger partial charge in [-0.15, -0.1) is 11.3 Å². The lowest BCUT2D eigenvalue weighted by atomic mass is 10.1. The third-order valence-electron chi connectivity index (χ3n) is 3.60. The standard InChI is InChI=1S/C19H21NO4S/c1-13(21)15-6-3-7-16(12-15)20-19(23)14(2)24-18(22)10-4-8-17-9-5-11-25-17/h3,5-7,9,11-12,14H,4,8,10H2,1-2H3,(H,20,23)/t14-/m0/s1. The molecule has 2 rings (SSSR count). The minimum Gasteiger partial charge on any atom is -0.453 e. The molecule has 25 heavy (non-hydrogen) atoms. The number of anilines is 1. The zero-order valence-electron chi connectivity index (χ0n) is 14.3. The van der Waals surface area contributed by atoms with Crippen molar-refractivity contribution >= 4 is 34.7 Å². The second-order valence-corrected chi connectivity index (χ2v) is 6.72. The molecule has 1 N–H and O–H groups in total. The number of aryl methyl sites for hydroxylation is 1. The first kappa shape index (κ1) is 18.9. The topological polar surface area (TPSA) is 72.5 Å². The van der Waals surface area contributed by atoms with Crippen LogP contribution in [-0.4, -0.2) is 23.8 Å². The van der Waals surface area contributed by atoms with Gasteiger partial charge < -0.3 is 10.1 Å². The number of Topliss-reactive ketones (excluding diaryl/α,β-unsaturated/α-hetero) is 1. The SMILES string of the molecule is CC(=O)c1cccc(NC(=O)[C@H](C)OC(=O)CCCc2cccs2)c1. The molecule has 0 unspecified atom stereocenters. The molecule has 0 saturated carbocycles. The van der Waals surface area contributed by atoms with Crippen molar-refractivity contribution in [2.75, 3.05) is 5.32 Å². The van der Waals surface area contributed by atoms with Crippen molar-refractivity contribution in [1.29, 1.82) is 0 Å². The molecular formula is C19H21NO4S. The van der Waals surface area contributed by atoms with E-state index in [4.69, 9.17) is 4.74 Å². The number of hydrogen-bond acceptors (Lipinski definition) is 5. The van der Waals surface area contributed by atoms with E-state index in [0.717, 1.165) is 6.42 Å². The predicted octanol–water partition coefficient (Wildman–Crippen LogP) is 3.84. The van der Waals surface area contributed by atoms with Crippen molar-refractivity contribution < 1.29 is 19.1 Å². The van der Waals surface area contributed by atoms with E-state index in [1.165, 1.54) is 18.7 Å². The number of benzene rings is 1. The molecule has 0 radical (unpaired) electrons. The highest BCUT2D eigenvalue weighted by atomic mass is 32.1. The first-order chi connectivity index (χ1) is 12.0. The van der Waals surface area contributed by atoms with Crippen LogP contribution in [0.3, 0.4) is 0 Å². The maximum atomic E-state index is 12.1. The molecule has 0 spiro atoms. The smallest absolute Gasteiger partial charge is 0.306 e. The Morgan fingerprint density at radius 1 is 1.20 bits per heavy atom. The van der Waals surface area contributed by atoms with E-state index in [1.54, 1.807) is 35.6 Å². The fourth-order valence-electron chi connectivity index (χ4n) is 2.23. The summed E-state index contributed by atoms with van der Waals surface area (Å²) in [6.45, 7) is 2.99. The van der Waals surface area contributed by atoms with Gasteiger partial charge in [-0.3, -0.25) is 14.4 Å². The molecule has 5 nitrogen and oxygen atoms in total. The molecule has 6 heteroatoms. The third-order valence-corrected chi connectivity index (χ3v) is 4.53. The average molecular weight is 359 g/mol. The summed E-state index contributed by atoms with van der Waals surface area (Å²) < 4.78 is 5.17. The minimum atomic E-state index is -0.893. The number of ether oxygens (including phenoxy) is 1. The molecule has 2 aromatic rings. The highest BCUT2D eigenvalue weighted by molar-refractivity contribution is 7.09. The summed E-state index contributed by atoms with van der Waals surface area (Å²) in [6, 6.07) is 10.6. The Hall–Kier alpha value is -2.47. The highest BCUT2D eigenvalue weighted by Crippen LogP contribution is 2.14. The summed E-state index contributed by atoms with van der Waals surface area (Å²) in [5.74, 6) is -0.898. The van der Waals surface area contributed by atoms with Gasteiger partial charge in [-0.25, -0.2) is 0 Å². The van der Waals surface area contributed by atoms with Gasteiger partial charge in [0.2, 0.25) is 0 Å². The lowest BCUT2D eigenvalue weighted by molar-refractivity contribution is -0.153. The van der Waals surface area contributed by atoms with Gasteiger partial charge in [-0.05, 0) is 50.3 Å². The summed E-state index contributed by atoms with van der Waals surface area (Å²) in [5, 5.41) is 4.66. The molecule has 0 saturated heterocycles. The summed E-state index contributed by atoms with van der Waals surface area (Å²) in [5.41, 5.74) is 1.01. The molecule has 132 valence electrons. The molecule has 1 aromatic heterocycles. The quantitative estimate of drug-likeness (QED) is 0.574. The van der Waals surface area contributed by atoms with E-state index in [1.807, 2.05) is 17.5 Å². The fraction of sp³-hybridized carbons (Fsp3) is 0.316. The van der Waals surface area contributed by atoms with Crippen molar-refractivity contribution in [3.63, 3.8) is 0 Å². The normalized spacial score (nSPS) is 11.6. The minimum absolute atomic E-state index is 0.0821. The second kappa shape index (κ2) is 9.13. The summed E-state index contributed by atoms with van der Waals surface area (Å²) in [4.78, 5) is 36.5. The molecule has 0 aliphatic carbocycles. The highest BCUT2D eigenvalue weighted by Gasteiger charge is 2.18. The lowest BCUT2D eigenvalue weighted by Crippen LogP contribution is -2.30. The fourth-order valence-corrected chi connectivity index (χ4v) is 2.98. The molecule has 1 aromatic carbocycles. The van der Waals surface area contributed by atoms with Crippen molar-refractivity contribution in [1.82, 2.24) is 0 Å². The number of amides is 1. The van der Waals surface area contributed by atoms with Crippen LogP contribution >= 0.6 is 11.3 Å². The van der Waals surface area contributed by atoms with Crippen LogP contribution in [0.1, 0.15) is 41.9 Å². The molecule has 1 heterocycles. The number of carbonyl (C=O) groups is 3. The van der Waals surface area contributed by atoms with E-state index in [9.17, 15) is 14.4 Å². The number of rotatable bonds is 8. The van der Waals surface area contributed by atoms with Crippen LogP contribution in [0, 0.1) is 0 Å². The van der Waals surface area contributed by atoms with Crippen LogP contribution in [0.15, 0.2) is 41.8 Å². The summed E-state index contributed by atoms with van der Waals surface area (Å²) in [6.07, 6.45) is 0.893. The second-order valence-electron chi connectivity index (χ2n) is 5.69. The summed E-state index contributed by atoms with van der Waals surface area (Å²) >= 11 is 1.66. The Bertz CT molecular complexity index is 740. The third kappa shape index (κ3) is 6.15. The van der Waals surface area contributed by atoms with E-state index in [-0.39, 0.29) is 12.2 Å². The maximum Gasteiger partial charge on any atom is 0.306 e. The lowest BCUT2D eigenvalue weighted by Gasteiger charge is -2.14. The molecular weight excluding hydrogens is 338 g/mol. The van der Waals surface area contributed by atoms with Gasteiger partial charge in [-0.1, -0.05) is 18.2 Å². The van der Waals surface area contributed by atoms with Crippen molar-refractivity contribution in [3.8, 4) is 0 Å². The van der Waals surface area contributed by atoms with Crippen LogP contribution < -0.4 is 5.32 Å². The Morgan fingerprint density at radius 2 is 2.00 bits per heavy atom. The van der Waals surface area contributed by atoms with Gasteiger partial charge in [0, 0.05) is 22.5 Å². The van der Waals surface area contributed by atoms with E-state index in [0.29, 0.717) is 17.7 Å². The molecule has 0 fully saturated rings. The van der Waals surface area contributed by atoms with Crippen molar-refractivity contribution in [3.05, 3.63) is 52.2 Å². The van der Waals surface area contributed by atoms with Gasteiger partial charge in [0.25, 0.3) is 5.91 Å². The Morgan fingerprint density at radius 3 is 2.68 bits per heavy atom. The molecule has 1 atom stereocenters. The molecule has 0 aliphatic heterocycles. The van der Waals surface area contributed by atoms with Crippen LogP contribution in [0.4, 0.5) is 5.69 Å². The number of nitrogens with one attached hydrogen (secondary N) is 1. The number of ketones is 1. The number of hydrogen-bond donors (Lipinski definition) is 1. The first-order valence-corrected chi connectivity index (χ1v) is 8.97. The molecule has 1 amide bonds. The zero-order valence-corrected chi connectivity index (χ0v) is 15.1. The largest absolute Gasteiger partial charge is 0.453 e. The molecule has 0 bridgehead atoms. The zero-order chi connectivity index (χ0) is 18.2. The average Bonchev–Trinajstić information content (AvgIpc) is 3.08. The van der Waals surface area contributed by atoms with Gasteiger partial charge in [0.15, 0.2) is 11.9 Å². The Balaban J connectivity index is 1.78. The van der Waals surface area contributed by atoms with E-state index >= 15 is 0 Å². The van der Waals surface area contributed by atoms with Crippen LogP contribution in [0.25, 0.3) is 0 Å². The van der Waals surface area contributed by atoms with Crippen LogP contribution in [-0.2, 0) is 20.7 Å². The summed E-state index contributed by atoms with van der Waals surface area (Å²) in [7, 11) is 0. The van der Waals surface area contributed by atoms with Crippen LogP contribution in [0.2, 0.25) is 0 Å². The van der Waals surface area contributed by atoms with Crippen molar-refractivity contribution in [2.24, 2.45) is 0 Å². The van der Waals surface area contributed by atoms with E-state index < -0.39 is 18.0 Å². The maximum absolute atomic E-state index is 12.1. The van der Waals surface area contributed by atoms with Gasteiger partial charge >= 0.3 is 5.97 Å². The Labute approximate surface area is 151 Å². The van der Waals surface area contributed by atoms with E-state index in [2.05, 4.69) is 5.32 Å². The van der Waals surface area contributed by atoms with Gasteiger partial charge in [0.05, 0.1) is 0 Å². The number of thiophene rings is 1. The number of esters is 1. The molecule has 0 aliphatic rings. The van der Waals surface area contributed by atoms with Crippen molar-refractivity contribution in [2.45, 2.75) is 39.2 Å². The number of carbonyl (C=O) groups excluding carboxylic acids is 3. The monoisotopic (exact) mass is 359 g/mol. The Kier molecular flexibility index (Phi) is 6.89. The first-order valence-electron chi connectivity index (χ1n) is 8.09. The van der Waals surface area contributed by atoms with Gasteiger partial charge in [-0.2, -0.15) is 0 Å².